The van der Waals surface area contributed by atoms with Crippen molar-refractivity contribution in [3.63, 3.8) is 0 Å². The highest BCUT2D eigenvalue weighted by molar-refractivity contribution is 5.48. The first-order chi connectivity index (χ1) is 11.3. The molecule has 1 saturated carbocycles. The number of anilines is 1. The van der Waals surface area contributed by atoms with Crippen LogP contribution >= 0.6 is 0 Å². The number of methoxy groups -OCH3 is 1. The molecule has 1 aromatic carbocycles. The van der Waals surface area contributed by atoms with Gasteiger partial charge in [-0.3, -0.25) is 4.98 Å². The number of nitrogens with one attached hydrogen (secondary N) is 1. The van der Waals surface area contributed by atoms with Gasteiger partial charge in [-0.15, -0.1) is 0 Å². The van der Waals surface area contributed by atoms with Crippen molar-refractivity contribution in [2.45, 2.75) is 45.3 Å². The Morgan fingerprint density at radius 2 is 2.04 bits per heavy atom. The number of hydrogen-bond donors (Lipinski definition) is 1. The first kappa shape index (κ1) is 15.6. The van der Waals surface area contributed by atoms with Gasteiger partial charge in [0, 0.05) is 18.3 Å². The van der Waals surface area contributed by atoms with E-state index >= 15 is 0 Å². The first-order valence-corrected chi connectivity index (χ1v) is 8.11. The highest BCUT2D eigenvalue weighted by Gasteiger charge is 2.20. The topological polar surface area (TPSA) is 56.3 Å². The Hall–Kier alpha value is -2.30. The minimum Gasteiger partial charge on any atom is -0.493 e. The van der Waals surface area contributed by atoms with Crippen LogP contribution in [0.1, 0.15) is 36.9 Å². The molecule has 0 spiro atoms. The molecule has 0 atom stereocenters. The number of para-hydroxylation sites is 1. The Balaban J connectivity index is 1.77. The lowest BCUT2D eigenvalue weighted by molar-refractivity contribution is 0.199. The number of ether oxygens (including phenoxy) is 2. The maximum Gasteiger partial charge on any atom is 0.166 e. The number of aryl methyl sites for hydroxylation is 1. The van der Waals surface area contributed by atoms with Crippen molar-refractivity contribution in [2.24, 2.45) is 0 Å². The normalized spacial score (nSPS) is 14.7. The molecule has 2 aromatic rings. The summed E-state index contributed by atoms with van der Waals surface area (Å²) in [7, 11) is 1.68. The number of benzene rings is 1. The van der Waals surface area contributed by atoms with Gasteiger partial charge in [0.1, 0.15) is 5.82 Å². The van der Waals surface area contributed by atoms with Crippen molar-refractivity contribution >= 4 is 5.82 Å². The molecule has 122 valence electrons. The SMILES string of the molecule is COc1cccc(CNc2cncc(C)n2)c1OC1CCCC1. The van der Waals surface area contributed by atoms with Crippen molar-refractivity contribution in [2.75, 3.05) is 12.4 Å². The van der Waals surface area contributed by atoms with Gasteiger partial charge >= 0.3 is 0 Å². The monoisotopic (exact) mass is 313 g/mol. The summed E-state index contributed by atoms with van der Waals surface area (Å²) in [4.78, 5) is 8.57. The van der Waals surface area contributed by atoms with E-state index in [9.17, 15) is 0 Å². The maximum atomic E-state index is 6.24. The molecule has 5 nitrogen and oxygen atoms in total. The van der Waals surface area contributed by atoms with Crippen LogP contribution in [0.4, 0.5) is 5.82 Å². The van der Waals surface area contributed by atoms with Crippen LogP contribution in [0.2, 0.25) is 0 Å². The second-order valence-electron chi connectivity index (χ2n) is 5.87. The summed E-state index contributed by atoms with van der Waals surface area (Å²) in [5.74, 6) is 2.39. The Morgan fingerprint density at radius 1 is 1.22 bits per heavy atom. The fourth-order valence-electron chi connectivity index (χ4n) is 2.90. The molecule has 23 heavy (non-hydrogen) atoms. The molecular weight excluding hydrogens is 290 g/mol. The summed E-state index contributed by atoms with van der Waals surface area (Å²) in [5, 5.41) is 3.31. The third kappa shape index (κ3) is 3.92. The summed E-state index contributed by atoms with van der Waals surface area (Å²) in [6, 6.07) is 5.99. The lowest BCUT2D eigenvalue weighted by Crippen LogP contribution is -2.14. The smallest absolute Gasteiger partial charge is 0.166 e. The predicted molar refractivity (Wildman–Crippen MR) is 90.0 cm³/mol. The first-order valence-electron chi connectivity index (χ1n) is 8.11. The number of rotatable bonds is 6. The quantitative estimate of drug-likeness (QED) is 0.880. The highest BCUT2D eigenvalue weighted by Crippen LogP contribution is 2.35. The highest BCUT2D eigenvalue weighted by atomic mass is 16.5. The fourth-order valence-corrected chi connectivity index (χ4v) is 2.90. The molecule has 1 aromatic heterocycles. The van der Waals surface area contributed by atoms with E-state index in [-0.39, 0.29) is 0 Å². The molecule has 0 amide bonds. The molecule has 1 fully saturated rings. The van der Waals surface area contributed by atoms with Crippen LogP contribution in [0.5, 0.6) is 11.5 Å². The van der Waals surface area contributed by atoms with Crippen molar-refractivity contribution in [1.82, 2.24) is 9.97 Å². The zero-order chi connectivity index (χ0) is 16.1. The van der Waals surface area contributed by atoms with E-state index in [1.807, 2.05) is 19.1 Å². The van der Waals surface area contributed by atoms with Crippen LogP contribution in [0.15, 0.2) is 30.6 Å². The van der Waals surface area contributed by atoms with Crippen molar-refractivity contribution < 1.29 is 9.47 Å². The van der Waals surface area contributed by atoms with Crippen LogP contribution in [0.3, 0.4) is 0 Å². The molecule has 0 saturated heterocycles. The summed E-state index contributed by atoms with van der Waals surface area (Å²) >= 11 is 0. The van der Waals surface area contributed by atoms with Gasteiger partial charge in [-0.2, -0.15) is 0 Å². The molecule has 1 heterocycles. The van der Waals surface area contributed by atoms with E-state index < -0.39 is 0 Å². The van der Waals surface area contributed by atoms with Crippen LogP contribution in [-0.2, 0) is 6.54 Å². The van der Waals surface area contributed by atoms with Gasteiger partial charge in [0.05, 0.1) is 25.1 Å². The number of hydrogen-bond acceptors (Lipinski definition) is 5. The molecule has 0 unspecified atom stereocenters. The minimum absolute atomic E-state index is 0.295. The molecular formula is C18H23N3O2. The van der Waals surface area contributed by atoms with Crippen molar-refractivity contribution in [1.29, 1.82) is 0 Å². The Labute approximate surface area is 137 Å². The Bertz CT molecular complexity index is 654. The number of aromatic nitrogens is 2. The lowest BCUT2D eigenvalue weighted by Gasteiger charge is -2.19. The van der Waals surface area contributed by atoms with E-state index in [1.165, 1.54) is 12.8 Å². The molecule has 5 heteroatoms. The average molecular weight is 313 g/mol. The lowest BCUT2D eigenvalue weighted by atomic mass is 10.1. The molecule has 0 bridgehead atoms. The largest absolute Gasteiger partial charge is 0.493 e. The molecule has 1 N–H and O–H groups in total. The second-order valence-corrected chi connectivity index (χ2v) is 5.87. The van der Waals surface area contributed by atoms with Gasteiger partial charge in [-0.1, -0.05) is 12.1 Å². The summed E-state index contributed by atoms with van der Waals surface area (Å²) in [5.41, 5.74) is 1.96. The van der Waals surface area contributed by atoms with Gasteiger partial charge in [-0.25, -0.2) is 4.98 Å². The molecule has 0 aliphatic heterocycles. The Kier molecular flexibility index (Phi) is 4.95. The van der Waals surface area contributed by atoms with E-state index in [1.54, 1.807) is 19.5 Å². The predicted octanol–water partition coefficient (Wildman–Crippen LogP) is 3.73. The molecule has 3 rings (SSSR count). The third-order valence-electron chi connectivity index (χ3n) is 4.08. The second kappa shape index (κ2) is 7.31. The van der Waals surface area contributed by atoms with Gasteiger partial charge in [-0.05, 0) is 38.7 Å². The molecule has 1 aliphatic carbocycles. The van der Waals surface area contributed by atoms with Gasteiger partial charge < -0.3 is 14.8 Å². The van der Waals surface area contributed by atoms with E-state index in [0.717, 1.165) is 41.4 Å². The van der Waals surface area contributed by atoms with Crippen molar-refractivity contribution in [3.8, 4) is 11.5 Å². The molecule has 1 aliphatic rings. The van der Waals surface area contributed by atoms with Gasteiger partial charge in [0.2, 0.25) is 0 Å². The van der Waals surface area contributed by atoms with Crippen LogP contribution in [-0.4, -0.2) is 23.2 Å². The maximum absolute atomic E-state index is 6.24. The third-order valence-corrected chi connectivity index (χ3v) is 4.08. The van der Waals surface area contributed by atoms with Gasteiger partial charge in [0.15, 0.2) is 11.5 Å². The standard InChI is InChI=1S/C18H23N3O2/c1-13-10-19-12-17(21-13)20-11-14-6-5-9-16(22-2)18(14)23-15-7-3-4-8-15/h5-6,9-10,12,15H,3-4,7-8,11H2,1-2H3,(H,20,21). The zero-order valence-electron chi connectivity index (χ0n) is 13.7. The summed E-state index contributed by atoms with van der Waals surface area (Å²) in [6.45, 7) is 2.55. The van der Waals surface area contributed by atoms with Crippen LogP contribution < -0.4 is 14.8 Å². The van der Waals surface area contributed by atoms with Crippen molar-refractivity contribution in [3.05, 3.63) is 41.9 Å². The minimum atomic E-state index is 0.295. The Morgan fingerprint density at radius 3 is 2.78 bits per heavy atom. The average Bonchev–Trinajstić information content (AvgIpc) is 3.07. The molecule has 0 radical (unpaired) electrons. The zero-order valence-corrected chi connectivity index (χ0v) is 13.7. The van der Waals surface area contributed by atoms with Crippen LogP contribution in [0, 0.1) is 6.92 Å². The fraction of sp³-hybridized carbons (Fsp3) is 0.444. The summed E-state index contributed by atoms with van der Waals surface area (Å²) in [6.07, 6.45) is 8.49. The number of nitrogens with zero attached hydrogens (tertiary/aromatic N) is 2. The summed E-state index contributed by atoms with van der Waals surface area (Å²) < 4.78 is 11.7. The van der Waals surface area contributed by atoms with Gasteiger partial charge in [0.25, 0.3) is 0 Å². The van der Waals surface area contributed by atoms with E-state index in [2.05, 4.69) is 21.4 Å². The van der Waals surface area contributed by atoms with Crippen LogP contribution in [0.25, 0.3) is 0 Å². The van der Waals surface area contributed by atoms with E-state index in [0.29, 0.717) is 12.6 Å². The van der Waals surface area contributed by atoms with E-state index in [4.69, 9.17) is 9.47 Å².